The summed E-state index contributed by atoms with van der Waals surface area (Å²) in [5.41, 5.74) is 11.4. The van der Waals surface area contributed by atoms with Crippen LogP contribution in [0.3, 0.4) is 0 Å². The summed E-state index contributed by atoms with van der Waals surface area (Å²) in [6, 6.07) is 74.8. The minimum Gasteiger partial charge on any atom is -0.456 e. The van der Waals surface area contributed by atoms with E-state index < -0.39 is 0 Å². The lowest BCUT2D eigenvalue weighted by molar-refractivity contribution is 0.669. The molecule has 0 spiro atoms. The Morgan fingerprint density at radius 1 is 0.262 bits per heavy atom. The molecule has 0 N–H and O–H groups in total. The molecule has 4 heteroatoms. The lowest BCUT2D eigenvalue weighted by atomic mass is 9.95. The number of hydrogen-bond donors (Lipinski definition) is 0. The Bertz CT molecular complexity index is 3670. The third-order valence-corrected chi connectivity index (χ3v) is 11.9. The third-order valence-electron chi connectivity index (χ3n) is 11.9. The van der Waals surface area contributed by atoms with E-state index in [4.69, 9.17) is 19.4 Å². The van der Waals surface area contributed by atoms with Crippen LogP contribution in [0.2, 0.25) is 0 Å². The third kappa shape index (κ3) is 6.21. The molecule has 0 aliphatic rings. The molecule has 4 nitrogen and oxygen atoms in total. The molecular formula is C57H35N3O. The average molecular weight is 778 g/mol. The van der Waals surface area contributed by atoms with Crippen molar-refractivity contribution in [1.29, 1.82) is 0 Å². The summed E-state index contributed by atoms with van der Waals surface area (Å²) < 4.78 is 6.20. The first kappa shape index (κ1) is 34.8. The Morgan fingerprint density at radius 2 is 0.721 bits per heavy atom. The van der Waals surface area contributed by atoms with Crippen LogP contribution in [-0.4, -0.2) is 15.0 Å². The van der Waals surface area contributed by atoms with Gasteiger partial charge in [-0.1, -0.05) is 170 Å². The van der Waals surface area contributed by atoms with E-state index in [1.54, 1.807) is 0 Å². The van der Waals surface area contributed by atoms with Gasteiger partial charge in [-0.05, 0) is 108 Å². The molecule has 2 aromatic heterocycles. The summed E-state index contributed by atoms with van der Waals surface area (Å²) in [5.74, 6) is 1.89. The van der Waals surface area contributed by atoms with Crippen molar-refractivity contribution in [3.63, 3.8) is 0 Å². The second kappa shape index (κ2) is 14.3. The smallest absolute Gasteiger partial charge is 0.164 e. The summed E-state index contributed by atoms with van der Waals surface area (Å²) in [6.45, 7) is 0. The normalized spacial score (nSPS) is 11.6. The molecule has 0 radical (unpaired) electrons. The van der Waals surface area contributed by atoms with Crippen LogP contribution >= 0.6 is 0 Å². The zero-order valence-electron chi connectivity index (χ0n) is 33.0. The number of aromatic nitrogens is 3. The molecule has 0 saturated carbocycles. The molecule has 0 amide bonds. The maximum absolute atomic E-state index is 6.20. The van der Waals surface area contributed by atoms with Gasteiger partial charge in [0.05, 0.1) is 0 Å². The number of benzene rings is 10. The van der Waals surface area contributed by atoms with Crippen LogP contribution in [0.1, 0.15) is 0 Å². The highest BCUT2D eigenvalue weighted by atomic mass is 16.3. The van der Waals surface area contributed by atoms with Crippen LogP contribution in [0.5, 0.6) is 0 Å². The standard InChI is InChI=1S/C57H35N3O/c1-2-13-38-31-41(26-25-36(38)11-1)39-15-7-17-46(34-39)55-58-56(60-57(59-55)50-22-9-14-37-12-3-4-19-48(37)50)47-18-8-16-40(35-47)42-27-28-44-33-45(30-29-43(44)32-42)49-21-10-24-53-54(49)51-20-5-6-23-52(51)61-53/h1-35H. The first-order valence-corrected chi connectivity index (χ1v) is 20.6. The highest BCUT2D eigenvalue weighted by molar-refractivity contribution is 6.13. The fraction of sp³-hybridized carbons (Fsp3) is 0. The van der Waals surface area contributed by atoms with Gasteiger partial charge in [0, 0.05) is 27.5 Å². The monoisotopic (exact) mass is 777 g/mol. The second-order valence-corrected chi connectivity index (χ2v) is 15.6. The molecule has 2 heterocycles. The quantitative estimate of drug-likeness (QED) is 0.169. The van der Waals surface area contributed by atoms with E-state index in [2.05, 4.69) is 194 Å². The Morgan fingerprint density at radius 3 is 1.46 bits per heavy atom. The number of nitrogens with zero attached hydrogens (tertiary/aromatic N) is 3. The van der Waals surface area contributed by atoms with E-state index in [1.165, 1.54) is 27.1 Å². The number of para-hydroxylation sites is 1. The predicted molar refractivity (Wildman–Crippen MR) is 252 cm³/mol. The van der Waals surface area contributed by atoms with Crippen molar-refractivity contribution < 1.29 is 4.42 Å². The molecule has 0 bridgehead atoms. The molecule has 0 unspecified atom stereocenters. The van der Waals surface area contributed by atoms with Crippen molar-refractivity contribution in [2.75, 3.05) is 0 Å². The highest BCUT2D eigenvalue weighted by Crippen LogP contribution is 2.39. The first-order chi connectivity index (χ1) is 30.2. The lowest BCUT2D eigenvalue weighted by Crippen LogP contribution is -2.01. The van der Waals surface area contributed by atoms with Gasteiger partial charge >= 0.3 is 0 Å². The summed E-state index contributed by atoms with van der Waals surface area (Å²) >= 11 is 0. The van der Waals surface area contributed by atoms with E-state index in [0.29, 0.717) is 17.5 Å². The van der Waals surface area contributed by atoms with Gasteiger partial charge in [-0.15, -0.1) is 0 Å². The van der Waals surface area contributed by atoms with E-state index in [-0.39, 0.29) is 0 Å². The molecule has 0 fully saturated rings. The average Bonchev–Trinajstić information content (AvgIpc) is 3.72. The largest absolute Gasteiger partial charge is 0.456 e. The summed E-state index contributed by atoms with van der Waals surface area (Å²) in [4.78, 5) is 15.6. The van der Waals surface area contributed by atoms with E-state index in [1.807, 2.05) is 18.2 Å². The van der Waals surface area contributed by atoms with Crippen molar-refractivity contribution in [1.82, 2.24) is 15.0 Å². The first-order valence-electron chi connectivity index (χ1n) is 20.6. The summed E-state index contributed by atoms with van der Waals surface area (Å²) in [6.07, 6.45) is 0. The fourth-order valence-corrected chi connectivity index (χ4v) is 8.83. The van der Waals surface area contributed by atoms with E-state index >= 15 is 0 Å². The zero-order chi connectivity index (χ0) is 40.3. The molecule has 0 atom stereocenters. The number of hydrogen-bond acceptors (Lipinski definition) is 4. The lowest BCUT2D eigenvalue weighted by Gasteiger charge is -2.12. The maximum Gasteiger partial charge on any atom is 0.164 e. The molecule has 0 saturated heterocycles. The Balaban J connectivity index is 0.945. The van der Waals surface area contributed by atoms with Gasteiger partial charge < -0.3 is 4.42 Å². The van der Waals surface area contributed by atoms with Gasteiger partial charge in [0.1, 0.15) is 11.2 Å². The Kier molecular flexibility index (Phi) is 8.13. The van der Waals surface area contributed by atoms with Crippen LogP contribution in [0.15, 0.2) is 217 Å². The number of rotatable bonds is 6. The SMILES string of the molecule is c1cc(-c2ccc3ccccc3c2)cc(-c2nc(-c3cccc(-c4ccc5cc(-c6cccc7oc8ccccc8c67)ccc5c4)c3)nc(-c3cccc4ccccc34)n2)c1. The van der Waals surface area contributed by atoms with E-state index in [9.17, 15) is 0 Å². The van der Waals surface area contributed by atoms with Crippen molar-refractivity contribution in [3.05, 3.63) is 212 Å². The van der Waals surface area contributed by atoms with Crippen molar-refractivity contribution in [2.45, 2.75) is 0 Å². The van der Waals surface area contributed by atoms with Crippen LogP contribution in [0.4, 0.5) is 0 Å². The topological polar surface area (TPSA) is 51.8 Å². The highest BCUT2D eigenvalue weighted by Gasteiger charge is 2.17. The second-order valence-electron chi connectivity index (χ2n) is 15.6. The number of fused-ring (bicyclic) bond motifs is 6. The van der Waals surface area contributed by atoms with Gasteiger partial charge in [-0.3, -0.25) is 0 Å². The van der Waals surface area contributed by atoms with Crippen LogP contribution in [-0.2, 0) is 0 Å². The summed E-state index contributed by atoms with van der Waals surface area (Å²) in [7, 11) is 0. The van der Waals surface area contributed by atoms with Crippen LogP contribution in [0, 0.1) is 0 Å². The Hall–Kier alpha value is -8.21. The van der Waals surface area contributed by atoms with Crippen molar-refractivity contribution in [3.8, 4) is 67.5 Å². The van der Waals surface area contributed by atoms with Gasteiger partial charge in [0.25, 0.3) is 0 Å². The molecule has 12 rings (SSSR count). The zero-order valence-corrected chi connectivity index (χ0v) is 33.0. The minimum absolute atomic E-state index is 0.622. The number of furan rings is 1. The van der Waals surface area contributed by atoms with Crippen LogP contribution < -0.4 is 0 Å². The maximum atomic E-state index is 6.20. The Labute approximate surface area is 352 Å². The molecular weight excluding hydrogens is 743 g/mol. The van der Waals surface area contributed by atoms with Gasteiger partial charge in [0.15, 0.2) is 17.5 Å². The van der Waals surface area contributed by atoms with E-state index in [0.717, 1.165) is 77.2 Å². The fourth-order valence-electron chi connectivity index (χ4n) is 8.83. The molecule has 10 aromatic carbocycles. The van der Waals surface area contributed by atoms with Crippen molar-refractivity contribution in [2.24, 2.45) is 0 Å². The van der Waals surface area contributed by atoms with Gasteiger partial charge in [0.2, 0.25) is 0 Å². The van der Waals surface area contributed by atoms with Crippen LogP contribution in [0.25, 0.3) is 122 Å². The molecule has 0 aliphatic carbocycles. The van der Waals surface area contributed by atoms with Gasteiger partial charge in [-0.2, -0.15) is 0 Å². The minimum atomic E-state index is 0.622. The molecule has 0 aliphatic heterocycles. The van der Waals surface area contributed by atoms with Crippen molar-refractivity contribution >= 4 is 54.3 Å². The predicted octanol–water partition coefficient (Wildman–Crippen LogP) is 15.2. The summed E-state index contributed by atoms with van der Waals surface area (Å²) in [5, 5.41) is 9.29. The molecule has 284 valence electrons. The van der Waals surface area contributed by atoms with Gasteiger partial charge in [-0.25, -0.2) is 15.0 Å². The molecule has 61 heavy (non-hydrogen) atoms. The molecule has 12 aromatic rings.